The first kappa shape index (κ1) is 15.0. The maximum absolute atomic E-state index is 12.7. The molecular weight excluding hydrogens is 289 g/mol. The first-order valence-corrected chi connectivity index (χ1v) is 7.30. The molecule has 0 aliphatic heterocycles. The van der Waals surface area contributed by atoms with Crippen molar-refractivity contribution in [3.05, 3.63) is 29.3 Å². The van der Waals surface area contributed by atoms with Crippen LogP contribution in [0.5, 0.6) is 0 Å². The lowest BCUT2D eigenvalue weighted by molar-refractivity contribution is -0.136. The summed E-state index contributed by atoms with van der Waals surface area (Å²) in [6, 6.07) is 3.21. The van der Waals surface area contributed by atoms with Gasteiger partial charge in [0.2, 0.25) is 0 Å². The minimum atomic E-state index is -4.56. The van der Waals surface area contributed by atoms with Gasteiger partial charge in [-0.15, -0.1) is 0 Å². The van der Waals surface area contributed by atoms with Crippen molar-refractivity contribution in [2.24, 2.45) is 0 Å². The Bertz CT molecular complexity index is 527. The number of nitrogen functional groups attached to an aromatic ring is 1. The van der Waals surface area contributed by atoms with Crippen LogP contribution in [-0.4, -0.2) is 23.5 Å². The molecule has 0 saturated heterocycles. The molecule has 2 rings (SSSR count). The monoisotopic (exact) mass is 304 g/mol. The van der Waals surface area contributed by atoms with Crippen molar-refractivity contribution >= 4 is 23.4 Å². The Morgan fingerprint density at radius 3 is 2.60 bits per heavy atom. The van der Waals surface area contributed by atoms with Crippen LogP contribution in [0.15, 0.2) is 18.2 Å². The minimum Gasteiger partial charge on any atom is -0.398 e. The fourth-order valence-corrected chi connectivity index (χ4v) is 2.61. The Morgan fingerprint density at radius 2 is 2.10 bits per heavy atom. The number of carbonyl (C=O) groups is 1. The molecule has 20 heavy (non-hydrogen) atoms. The van der Waals surface area contributed by atoms with Gasteiger partial charge in [0.15, 0.2) is 0 Å². The van der Waals surface area contributed by atoms with E-state index in [9.17, 15) is 18.0 Å². The number of alkyl halides is 3. The number of nitrogens with two attached hydrogens (primary N) is 1. The van der Waals surface area contributed by atoms with Gasteiger partial charge in [0, 0.05) is 22.5 Å². The molecule has 0 bridgehead atoms. The zero-order valence-corrected chi connectivity index (χ0v) is 11.7. The second-order valence-corrected chi connectivity index (χ2v) is 6.14. The second-order valence-electron chi connectivity index (χ2n) is 4.87. The number of nitrogens with one attached hydrogen (secondary N) is 1. The molecule has 1 saturated carbocycles. The predicted octanol–water partition coefficient (Wildman–Crippen LogP) is 2.91. The summed E-state index contributed by atoms with van der Waals surface area (Å²) in [6.07, 6.45) is -0.560. The lowest BCUT2D eigenvalue weighted by atomic mass is 10.1. The Kier molecular flexibility index (Phi) is 3.90. The molecule has 1 aliphatic carbocycles. The third-order valence-electron chi connectivity index (χ3n) is 3.43. The molecule has 0 unspecified atom stereocenters. The van der Waals surface area contributed by atoms with Gasteiger partial charge >= 0.3 is 6.18 Å². The molecule has 1 amide bonds. The molecule has 0 heterocycles. The van der Waals surface area contributed by atoms with Crippen molar-refractivity contribution in [1.82, 2.24) is 5.32 Å². The summed E-state index contributed by atoms with van der Waals surface area (Å²) < 4.78 is 38.2. The normalized spacial score (nSPS) is 16.8. The number of amides is 1. The number of carbonyl (C=O) groups excluding carboxylic acids is 1. The average molecular weight is 304 g/mol. The third kappa shape index (κ3) is 3.20. The van der Waals surface area contributed by atoms with Gasteiger partial charge < -0.3 is 11.1 Å². The lowest BCUT2D eigenvalue weighted by Crippen LogP contribution is -2.31. The van der Waals surface area contributed by atoms with Gasteiger partial charge in [0.25, 0.3) is 5.91 Å². The van der Waals surface area contributed by atoms with Crippen LogP contribution in [0.3, 0.4) is 0 Å². The second kappa shape index (κ2) is 5.20. The first-order chi connectivity index (χ1) is 9.27. The molecular formula is C13H15F3N2OS. The quantitative estimate of drug-likeness (QED) is 0.841. The van der Waals surface area contributed by atoms with Crippen LogP contribution in [0.25, 0.3) is 0 Å². The Balaban J connectivity index is 2.10. The molecule has 1 aromatic carbocycles. The van der Waals surface area contributed by atoms with E-state index < -0.39 is 17.6 Å². The first-order valence-electron chi connectivity index (χ1n) is 6.07. The highest BCUT2D eigenvalue weighted by Gasteiger charge is 2.42. The number of hydrogen-bond donors (Lipinski definition) is 2. The molecule has 0 aromatic heterocycles. The van der Waals surface area contributed by atoms with Crippen LogP contribution in [0, 0.1) is 0 Å². The van der Waals surface area contributed by atoms with Gasteiger partial charge in [-0.25, -0.2) is 0 Å². The van der Waals surface area contributed by atoms with Crippen LogP contribution in [0.2, 0.25) is 0 Å². The van der Waals surface area contributed by atoms with E-state index in [2.05, 4.69) is 5.32 Å². The zero-order valence-electron chi connectivity index (χ0n) is 10.9. The molecule has 110 valence electrons. The maximum atomic E-state index is 12.7. The number of rotatable bonds is 4. The standard InChI is InChI=1S/C13H15F3N2OS/c1-20-12(4-5-12)7-18-11(19)8-2-3-10(17)9(6-8)13(14,15)16/h2-3,6H,4-5,7,17H2,1H3,(H,18,19). The molecule has 0 spiro atoms. The van der Waals surface area contributed by atoms with E-state index in [1.54, 1.807) is 11.8 Å². The van der Waals surface area contributed by atoms with Crippen molar-refractivity contribution < 1.29 is 18.0 Å². The largest absolute Gasteiger partial charge is 0.418 e. The lowest BCUT2D eigenvalue weighted by Gasteiger charge is -2.14. The van der Waals surface area contributed by atoms with Gasteiger partial charge in [-0.05, 0) is 37.3 Å². The van der Waals surface area contributed by atoms with E-state index in [0.717, 1.165) is 25.0 Å². The predicted molar refractivity (Wildman–Crippen MR) is 73.7 cm³/mol. The van der Waals surface area contributed by atoms with Crippen LogP contribution in [-0.2, 0) is 6.18 Å². The smallest absolute Gasteiger partial charge is 0.398 e. The van der Waals surface area contributed by atoms with Crippen molar-refractivity contribution in [2.45, 2.75) is 23.8 Å². The highest BCUT2D eigenvalue weighted by molar-refractivity contribution is 8.00. The van der Waals surface area contributed by atoms with Crippen molar-refractivity contribution in [2.75, 3.05) is 18.5 Å². The summed E-state index contributed by atoms with van der Waals surface area (Å²) in [7, 11) is 0. The zero-order chi connectivity index (χ0) is 15.0. The van der Waals surface area contributed by atoms with E-state index >= 15 is 0 Å². The summed E-state index contributed by atoms with van der Waals surface area (Å²) >= 11 is 1.67. The van der Waals surface area contributed by atoms with E-state index in [1.807, 2.05) is 6.26 Å². The van der Waals surface area contributed by atoms with E-state index in [1.165, 1.54) is 6.07 Å². The van der Waals surface area contributed by atoms with Gasteiger partial charge in [-0.3, -0.25) is 4.79 Å². The number of thioether (sulfide) groups is 1. The van der Waals surface area contributed by atoms with Crippen molar-refractivity contribution in [3.8, 4) is 0 Å². The maximum Gasteiger partial charge on any atom is 0.418 e. The molecule has 1 aliphatic rings. The fraction of sp³-hybridized carbons (Fsp3) is 0.462. The average Bonchev–Trinajstić information content (AvgIpc) is 3.16. The van der Waals surface area contributed by atoms with E-state index in [4.69, 9.17) is 5.73 Å². The third-order valence-corrected chi connectivity index (χ3v) is 4.85. The van der Waals surface area contributed by atoms with Crippen molar-refractivity contribution in [1.29, 1.82) is 0 Å². The molecule has 3 N–H and O–H groups in total. The number of benzene rings is 1. The van der Waals surface area contributed by atoms with Crippen molar-refractivity contribution in [3.63, 3.8) is 0 Å². The molecule has 1 fully saturated rings. The van der Waals surface area contributed by atoms with Gasteiger partial charge in [0.05, 0.1) is 5.56 Å². The van der Waals surface area contributed by atoms with Crippen LogP contribution in [0.1, 0.15) is 28.8 Å². The molecule has 7 heteroatoms. The molecule has 0 atom stereocenters. The van der Waals surface area contributed by atoms with Gasteiger partial charge in [0.1, 0.15) is 0 Å². The summed E-state index contributed by atoms with van der Waals surface area (Å²) in [5.74, 6) is -0.504. The Labute approximate surface area is 119 Å². The SMILES string of the molecule is CSC1(CNC(=O)c2ccc(N)c(C(F)(F)F)c2)CC1. The van der Waals surface area contributed by atoms with Crippen LogP contribution in [0.4, 0.5) is 18.9 Å². The topological polar surface area (TPSA) is 55.1 Å². The van der Waals surface area contributed by atoms with E-state index in [0.29, 0.717) is 6.54 Å². The number of hydrogen-bond acceptors (Lipinski definition) is 3. The van der Waals surface area contributed by atoms with E-state index in [-0.39, 0.29) is 16.0 Å². The minimum absolute atomic E-state index is 0.0246. The summed E-state index contributed by atoms with van der Waals surface area (Å²) in [5, 5.41) is 2.68. The molecule has 0 radical (unpaired) electrons. The Hall–Kier alpha value is -1.37. The van der Waals surface area contributed by atoms with Gasteiger partial charge in [-0.1, -0.05) is 0 Å². The summed E-state index contributed by atoms with van der Waals surface area (Å²) in [6.45, 7) is 0.471. The summed E-state index contributed by atoms with van der Waals surface area (Å²) in [5.41, 5.74) is 3.92. The number of halogens is 3. The fourth-order valence-electron chi connectivity index (χ4n) is 1.88. The highest BCUT2D eigenvalue weighted by Crippen LogP contribution is 2.46. The van der Waals surface area contributed by atoms with Crippen LogP contribution >= 0.6 is 11.8 Å². The van der Waals surface area contributed by atoms with Gasteiger partial charge in [-0.2, -0.15) is 24.9 Å². The summed E-state index contributed by atoms with van der Waals surface area (Å²) in [4.78, 5) is 11.9. The number of anilines is 1. The van der Waals surface area contributed by atoms with Crippen LogP contribution < -0.4 is 11.1 Å². The molecule has 3 nitrogen and oxygen atoms in total. The highest BCUT2D eigenvalue weighted by atomic mass is 32.2. The Morgan fingerprint density at radius 1 is 1.45 bits per heavy atom. The molecule has 1 aromatic rings.